The molecule has 8 nitrogen and oxygen atoms in total. The summed E-state index contributed by atoms with van der Waals surface area (Å²) in [7, 11) is 2.04. The second-order valence-corrected chi connectivity index (χ2v) is 12.8. The van der Waals surface area contributed by atoms with Gasteiger partial charge in [0.15, 0.2) is 11.4 Å². The number of aryl methyl sites for hydroxylation is 2. The first-order valence-corrected chi connectivity index (χ1v) is 14.7. The van der Waals surface area contributed by atoms with E-state index in [1.807, 2.05) is 12.1 Å². The SMILES string of the molecule is C[N+](C)(C)CCCC1=CC(c2ccccc2)=[N+]2C1=Cc1c(CCCS(=O)(=O)O)cc(CCC(=O)O)n1[B-]2(F)F. The van der Waals surface area contributed by atoms with E-state index in [0.717, 1.165) is 32.0 Å². The zero-order valence-electron chi connectivity index (χ0n) is 22.5. The number of hydrogen-bond acceptors (Lipinski definition) is 3. The van der Waals surface area contributed by atoms with Crippen molar-refractivity contribution >= 4 is 34.8 Å². The highest BCUT2D eigenvalue weighted by Crippen LogP contribution is 2.40. The van der Waals surface area contributed by atoms with Crippen molar-refractivity contribution < 1.29 is 40.5 Å². The largest absolute Gasteiger partial charge is 0.737 e. The van der Waals surface area contributed by atoms with E-state index in [1.165, 1.54) is 0 Å². The zero-order valence-corrected chi connectivity index (χ0v) is 23.3. The first kappa shape index (κ1) is 28.9. The van der Waals surface area contributed by atoms with Crippen LogP contribution in [0.4, 0.5) is 8.63 Å². The summed E-state index contributed by atoms with van der Waals surface area (Å²) in [5, 5.41) is 9.24. The van der Waals surface area contributed by atoms with Crippen LogP contribution in [-0.2, 0) is 27.8 Å². The summed E-state index contributed by atoms with van der Waals surface area (Å²) in [5.41, 5.74) is 3.20. The molecule has 1 aromatic carbocycles. The van der Waals surface area contributed by atoms with Crippen LogP contribution in [0, 0.1) is 0 Å². The Morgan fingerprint density at radius 2 is 1.74 bits per heavy atom. The quantitative estimate of drug-likeness (QED) is 0.233. The molecule has 1 aromatic heterocycles. The number of carboxylic acids is 1. The molecule has 0 spiro atoms. The molecule has 0 radical (unpaired) electrons. The molecule has 210 valence electrons. The van der Waals surface area contributed by atoms with Gasteiger partial charge in [0.05, 0.1) is 39.9 Å². The van der Waals surface area contributed by atoms with Crippen LogP contribution < -0.4 is 0 Å². The first-order valence-electron chi connectivity index (χ1n) is 13.0. The number of carboxylic acid groups (broad SMARTS) is 1. The van der Waals surface area contributed by atoms with E-state index in [4.69, 9.17) is 4.55 Å². The summed E-state index contributed by atoms with van der Waals surface area (Å²) < 4.78 is 67.8. The number of aromatic nitrogens is 1. The van der Waals surface area contributed by atoms with Crippen molar-refractivity contribution in [2.24, 2.45) is 0 Å². The van der Waals surface area contributed by atoms with Gasteiger partial charge in [-0.25, -0.2) is 0 Å². The summed E-state index contributed by atoms with van der Waals surface area (Å²) >= 11 is 0. The fourth-order valence-corrected chi connectivity index (χ4v) is 5.88. The number of rotatable bonds is 12. The molecule has 2 aliphatic heterocycles. The molecule has 4 rings (SSSR count). The molecule has 12 heteroatoms. The molecule has 0 unspecified atom stereocenters. The van der Waals surface area contributed by atoms with Crippen LogP contribution in [0.3, 0.4) is 0 Å². The molecular formula is C27H35BF2N3O5S+. The smallest absolute Gasteiger partial charge is 0.481 e. The van der Waals surface area contributed by atoms with Crippen molar-refractivity contribution in [2.75, 3.05) is 33.4 Å². The van der Waals surface area contributed by atoms with Crippen molar-refractivity contribution in [1.82, 2.24) is 4.48 Å². The Hall–Kier alpha value is -3.09. The maximum atomic E-state index is 16.7. The van der Waals surface area contributed by atoms with Crippen molar-refractivity contribution in [2.45, 2.75) is 38.5 Å². The van der Waals surface area contributed by atoms with Gasteiger partial charge in [0.25, 0.3) is 10.1 Å². The summed E-state index contributed by atoms with van der Waals surface area (Å²) in [6, 6.07) is 10.6. The molecule has 2 N–H and O–H groups in total. The highest BCUT2D eigenvalue weighted by atomic mass is 32.2. The second-order valence-electron chi connectivity index (χ2n) is 11.2. The van der Waals surface area contributed by atoms with Crippen LogP contribution in [0.15, 0.2) is 53.7 Å². The standard InChI is InChI=1S/C27H34BF2N3O5S/c1-33(2,3)15-7-11-22-18-24(20-9-5-4-6-10-20)32-26(22)19-25-21(12-8-16-39(36,37)38)17-23(13-14-27(34)35)31(25)28(32,29)30/h4-6,9-10,17-19H,7-8,11-16H2,1-3H3,(H-,34,35,36,37,38)/p+1. The predicted molar refractivity (Wildman–Crippen MR) is 147 cm³/mol. The molecule has 0 bridgehead atoms. The van der Waals surface area contributed by atoms with E-state index in [1.54, 1.807) is 36.4 Å². The number of quaternary nitrogens is 1. The summed E-state index contributed by atoms with van der Waals surface area (Å²) in [6.07, 6.45) is 4.73. The highest BCUT2D eigenvalue weighted by molar-refractivity contribution is 7.85. The van der Waals surface area contributed by atoms with Gasteiger partial charge in [0.2, 0.25) is 0 Å². The molecule has 2 aromatic rings. The van der Waals surface area contributed by atoms with Gasteiger partial charge in [0.1, 0.15) is 0 Å². The van der Waals surface area contributed by atoms with Gasteiger partial charge in [0, 0.05) is 35.4 Å². The number of carbonyl (C=O) groups is 1. The van der Waals surface area contributed by atoms with Gasteiger partial charge in [-0.2, -0.15) is 8.42 Å². The molecule has 0 atom stereocenters. The topological polar surface area (TPSA) is 99.6 Å². The van der Waals surface area contributed by atoms with E-state index in [9.17, 15) is 18.3 Å². The third-order valence-corrected chi connectivity index (χ3v) is 7.89. The lowest BCUT2D eigenvalue weighted by atomic mass is 9.88. The van der Waals surface area contributed by atoms with Crippen molar-refractivity contribution in [3.63, 3.8) is 0 Å². The summed E-state index contributed by atoms with van der Waals surface area (Å²) in [6.45, 7) is -3.54. The summed E-state index contributed by atoms with van der Waals surface area (Å²) in [5.74, 6) is -1.59. The lowest BCUT2D eigenvalue weighted by molar-refractivity contribution is -0.870. The lowest BCUT2D eigenvalue weighted by Crippen LogP contribution is -2.51. The predicted octanol–water partition coefficient (Wildman–Crippen LogP) is 3.83. The minimum atomic E-state index is -4.40. The minimum absolute atomic E-state index is 0.0489. The van der Waals surface area contributed by atoms with Gasteiger partial charge in [-0.05, 0) is 55.1 Å². The number of allylic oxidation sites excluding steroid dienone is 2. The number of aliphatic carboxylic acids is 1. The molecule has 0 fully saturated rings. The molecular weight excluding hydrogens is 527 g/mol. The number of fused-ring (bicyclic) bond motifs is 2. The molecule has 0 saturated heterocycles. The maximum Gasteiger partial charge on any atom is 0.737 e. The first-order chi connectivity index (χ1) is 18.2. The third kappa shape index (κ3) is 6.56. The van der Waals surface area contributed by atoms with Crippen molar-refractivity contribution in [3.05, 3.63) is 76.3 Å². The molecule has 2 aliphatic rings. The van der Waals surface area contributed by atoms with E-state index in [0.29, 0.717) is 29.0 Å². The van der Waals surface area contributed by atoms with E-state index < -0.39 is 28.8 Å². The average molecular weight is 562 g/mol. The van der Waals surface area contributed by atoms with Gasteiger partial charge < -0.3 is 27.2 Å². The second kappa shape index (κ2) is 10.8. The van der Waals surface area contributed by atoms with Gasteiger partial charge in [-0.3, -0.25) is 9.35 Å². The van der Waals surface area contributed by atoms with Crippen molar-refractivity contribution in [1.29, 1.82) is 0 Å². The van der Waals surface area contributed by atoms with Crippen LogP contribution in [0.2, 0.25) is 0 Å². The molecule has 0 aliphatic carbocycles. The van der Waals surface area contributed by atoms with Gasteiger partial charge >= 0.3 is 12.9 Å². The van der Waals surface area contributed by atoms with Crippen LogP contribution in [0.25, 0.3) is 6.08 Å². The zero-order chi connectivity index (χ0) is 28.6. The minimum Gasteiger partial charge on any atom is -0.481 e. The maximum absolute atomic E-state index is 16.7. The highest BCUT2D eigenvalue weighted by Gasteiger charge is 2.54. The number of nitrogens with zero attached hydrogens (tertiary/aromatic N) is 3. The van der Waals surface area contributed by atoms with Crippen LogP contribution >= 0.6 is 0 Å². The normalized spacial score (nSPS) is 16.6. The molecule has 3 heterocycles. The van der Waals surface area contributed by atoms with Crippen LogP contribution in [0.5, 0.6) is 0 Å². The van der Waals surface area contributed by atoms with E-state index in [2.05, 4.69) is 21.1 Å². The van der Waals surface area contributed by atoms with Gasteiger partial charge in [-0.15, -0.1) is 0 Å². The number of benzene rings is 1. The Labute approximate surface area is 228 Å². The number of halogens is 2. The van der Waals surface area contributed by atoms with E-state index in [-0.39, 0.29) is 37.1 Å². The monoisotopic (exact) mass is 562 g/mol. The van der Waals surface area contributed by atoms with E-state index >= 15 is 8.63 Å². The Bertz CT molecular complexity index is 1470. The van der Waals surface area contributed by atoms with Gasteiger partial charge in [-0.1, -0.05) is 18.2 Å². The Kier molecular flexibility index (Phi) is 8.02. The Morgan fingerprint density at radius 1 is 1.05 bits per heavy atom. The molecule has 39 heavy (non-hydrogen) atoms. The average Bonchev–Trinajstić information content (AvgIpc) is 3.37. The van der Waals surface area contributed by atoms with Crippen LogP contribution in [-0.4, -0.2) is 83.6 Å². The third-order valence-electron chi connectivity index (χ3n) is 7.08. The number of hydrogen-bond donors (Lipinski definition) is 2. The van der Waals surface area contributed by atoms with Crippen molar-refractivity contribution in [3.8, 4) is 0 Å². The Balaban J connectivity index is 1.84. The fraction of sp³-hybridized carbons (Fsp3) is 0.407. The molecule has 0 amide bonds. The fourth-order valence-electron chi connectivity index (χ4n) is 5.37. The van der Waals surface area contributed by atoms with Crippen LogP contribution in [0.1, 0.15) is 48.2 Å². The molecule has 0 saturated carbocycles. The Morgan fingerprint density at radius 3 is 2.36 bits per heavy atom. The summed E-state index contributed by atoms with van der Waals surface area (Å²) in [4.78, 5) is 11.3. The lowest BCUT2D eigenvalue weighted by Gasteiger charge is -2.32.